The molecule has 1 fully saturated rings. The van der Waals surface area contributed by atoms with Crippen molar-refractivity contribution in [2.45, 2.75) is 6.04 Å². The number of hydrogen-bond acceptors (Lipinski definition) is 5. The van der Waals surface area contributed by atoms with E-state index >= 15 is 0 Å². The summed E-state index contributed by atoms with van der Waals surface area (Å²) in [5.74, 6) is 0.703. The van der Waals surface area contributed by atoms with E-state index in [1.165, 1.54) is 23.8 Å². The first-order valence-electron chi connectivity index (χ1n) is 4.92. The summed E-state index contributed by atoms with van der Waals surface area (Å²) < 4.78 is 4.83. The Hall–Kier alpha value is -0.790. The summed E-state index contributed by atoms with van der Waals surface area (Å²) in [6.07, 6.45) is 0. The maximum absolute atomic E-state index is 11.5. The number of rotatable bonds is 6. The molecule has 1 atom stereocenters. The Balaban J connectivity index is 2.31. The molecule has 0 spiro atoms. The van der Waals surface area contributed by atoms with E-state index in [1.54, 1.807) is 0 Å². The second-order valence-electron chi connectivity index (χ2n) is 3.47. The van der Waals surface area contributed by atoms with E-state index in [1.807, 2.05) is 0 Å². The van der Waals surface area contributed by atoms with Gasteiger partial charge in [-0.05, 0) is 0 Å². The average molecular weight is 248 g/mol. The number of ether oxygens (including phenoxy) is 1. The lowest BCUT2D eigenvalue weighted by Crippen LogP contribution is -2.45. The summed E-state index contributed by atoms with van der Waals surface area (Å²) in [5, 5.41) is 11.5. The summed E-state index contributed by atoms with van der Waals surface area (Å²) in [7, 11) is 1.50. The highest BCUT2D eigenvalue weighted by Gasteiger charge is 2.23. The molecule has 0 aromatic heterocycles. The minimum atomic E-state index is -0.414. The number of aliphatic hydroxyl groups excluding tert-OH is 1. The van der Waals surface area contributed by atoms with E-state index in [2.05, 4.69) is 5.32 Å². The molecule has 1 unspecified atom stereocenters. The Morgan fingerprint density at radius 3 is 3.00 bits per heavy atom. The second-order valence-corrected chi connectivity index (χ2v) is 4.43. The van der Waals surface area contributed by atoms with Gasteiger partial charge in [-0.2, -0.15) is 0 Å². The first-order valence-corrected chi connectivity index (χ1v) is 6.07. The molecule has 0 aromatic rings. The molecule has 2 amide bonds. The van der Waals surface area contributed by atoms with Gasteiger partial charge in [-0.25, -0.2) is 0 Å². The summed E-state index contributed by atoms with van der Waals surface area (Å²) in [6, 6.07) is -0.414. The molecule has 16 heavy (non-hydrogen) atoms. The maximum Gasteiger partial charge on any atom is 0.240 e. The molecule has 92 valence electrons. The van der Waals surface area contributed by atoms with Gasteiger partial charge < -0.3 is 20.1 Å². The van der Waals surface area contributed by atoms with Crippen molar-refractivity contribution >= 4 is 23.6 Å². The Bertz CT molecular complexity index is 262. The van der Waals surface area contributed by atoms with Gasteiger partial charge in [0.15, 0.2) is 0 Å². The van der Waals surface area contributed by atoms with Crippen LogP contribution in [0.4, 0.5) is 0 Å². The third kappa shape index (κ3) is 3.99. The predicted octanol–water partition coefficient (Wildman–Crippen LogP) is -1.36. The molecule has 1 aliphatic heterocycles. The van der Waals surface area contributed by atoms with Gasteiger partial charge in [-0.3, -0.25) is 9.59 Å². The highest BCUT2D eigenvalue weighted by molar-refractivity contribution is 8.00. The van der Waals surface area contributed by atoms with Gasteiger partial charge in [-0.15, -0.1) is 11.8 Å². The van der Waals surface area contributed by atoms with Crippen molar-refractivity contribution in [3.63, 3.8) is 0 Å². The summed E-state index contributed by atoms with van der Waals surface area (Å²) >= 11 is 1.49. The van der Waals surface area contributed by atoms with Crippen LogP contribution in [0, 0.1) is 0 Å². The number of amides is 2. The molecule has 0 aliphatic carbocycles. The number of nitrogens with one attached hydrogen (secondary N) is 1. The molecule has 7 heteroatoms. The van der Waals surface area contributed by atoms with E-state index in [-0.39, 0.29) is 31.6 Å². The molecule has 1 aliphatic rings. The van der Waals surface area contributed by atoms with Crippen LogP contribution in [-0.2, 0) is 14.3 Å². The molecule has 0 radical (unpaired) electrons. The van der Waals surface area contributed by atoms with Crippen molar-refractivity contribution in [2.24, 2.45) is 0 Å². The Morgan fingerprint density at radius 2 is 2.50 bits per heavy atom. The minimum Gasteiger partial charge on any atom is -0.394 e. The molecular weight excluding hydrogens is 232 g/mol. The normalized spacial score (nSPS) is 17.6. The Kier molecular flexibility index (Phi) is 5.58. The van der Waals surface area contributed by atoms with Crippen molar-refractivity contribution < 1.29 is 19.4 Å². The molecule has 1 rings (SSSR count). The zero-order valence-corrected chi connectivity index (χ0v) is 9.96. The van der Waals surface area contributed by atoms with Crippen LogP contribution < -0.4 is 5.32 Å². The zero-order valence-electron chi connectivity index (χ0n) is 9.14. The molecule has 0 saturated carbocycles. The number of carbonyl (C=O) groups is 2. The fourth-order valence-electron chi connectivity index (χ4n) is 1.33. The highest BCUT2D eigenvalue weighted by Crippen LogP contribution is 2.13. The molecule has 1 saturated heterocycles. The summed E-state index contributed by atoms with van der Waals surface area (Å²) in [5.41, 5.74) is 0. The second kappa shape index (κ2) is 6.72. The van der Waals surface area contributed by atoms with Crippen LogP contribution in [0.15, 0.2) is 0 Å². The molecule has 0 bridgehead atoms. The van der Waals surface area contributed by atoms with Crippen LogP contribution in [0.25, 0.3) is 0 Å². The Morgan fingerprint density at radius 1 is 1.75 bits per heavy atom. The predicted molar refractivity (Wildman–Crippen MR) is 59.9 cm³/mol. The monoisotopic (exact) mass is 248 g/mol. The SMILES string of the molecule is COCC(CO)NC(=O)CN1CSCC1=O. The lowest BCUT2D eigenvalue weighted by Gasteiger charge is -2.18. The van der Waals surface area contributed by atoms with Crippen molar-refractivity contribution in [2.75, 3.05) is 38.5 Å². The van der Waals surface area contributed by atoms with E-state index < -0.39 is 6.04 Å². The average Bonchev–Trinajstić information content (AvgIpc) is 2.64. The minimum absolute atomic E-state index is 0.0209. The van der Waals surface area contributed by atoms with Gasteiger partial charge in [0.25, 0.3) is 0 Å². The highest BCUT2D eigenvalue weighted by atomic mass is 32.2. The van der Waals surface area contributed by atoms with Crippen LogP contribution in [-0.4, -0.2) is 66.4 Å². The summed E-state index contributed by atoms with van der Waals surface area (Å²) in [4.78, 5) is 24.2. The number of nitrogens with zero attached hydrogens (tertiary/aromatic N) is 1. The zero-order chi connectivity index (χ0) is 12.0. The third-order valence-electron chi connectivity index (χ3n) is 2.11. The summed E-state index contributed by atoms with van der Waals surface area (Å²) in [6.45, 7) is 0.124. The van der Waals surface area contributed by atoms with Crippen molar-refractivity contribution in [1.82, 2.24) is 10.2 Å². The first-order chi connectivity index (χ1) is 7.67. The van der Waals surface area contributed by atoms with Crippen LogP contribution in [0.1, 0.15) is 0 Å². The van der Waals surface area contributed by atoms with Crippen LogP contribution in [0.5, 0.6) is 0 Å². The molecule has 6 nitrogen and oxygen atoms in total. The number of hydrogen-bond donors (Lipinski definition) is 2. The van der Waals surface area contributed by atoms with Gasteiger partial charge in [0, 0.05) is 7.11 Å². The van der Waals surface area contributed by atoms with E-state index in [4.69, 9.17) is 9.84 Å². The van der Waals surface area contributed by atoms with Crippen molar-refractivity contribution in [3.8, 4) is 0 Å². The van der Waals surface area contributed by atoms with E-state index in [9.17, 15) is 9.59 Å². The maximum atomic E-state index is 11.5. The molecule has 2 N–H and O–H groups in total. The van der Waals surface area contributed by atoms with Gasteiger partial charge >= 0.3 is 0 Å². The number of carbonyl (C=O) groups excluding carboxylic acids is 2. The van der Waals surface area contributed by atoms with Crippen LogP contribution in [0.2, 0.25) is 0 Å². The fraction of sp³-hybridized carbons (Fsp3) is 0.778. The van der Waals surface area contributed by atoms with Crippen molar-refractivity contribution in [3.05, 3.63) is 0 Å². The van der Waals surface area contributed by atoms with Gasteiger partial charge in [0.2, 0.25) is 11.8 Å². The fourth-order valence-corrected chi connectivity index (χ4v) is 2.23. The third-order valence-corrected chi connectivity index (χ3v) is 3.06. The molecule has 0 aromatic carbocycles. The smallest absolute Gasteiger partial charge is 0.240 e. The van der Waals surface area contributed by atoms with Gasteiger partial charge in [0.05, 0.1) is 30.9 Å². The van der Waals surface area contributed by atoms with E-state index in [0.717, 1.165) is 0 Å². The van der Waals surface area contributed by atoms with Crippen molar-refractivity contribution in [1.29, 1.82) is 0 Å². The first kappa shape index (κ1) is 13.3. The van der Waals surface area contributed by atoms with Crippen LogP contribution >= 0.6 is 11.8 Å². The van der Waals surface area contributed by atoms with E-state index in [0.29, 0.717) is 11.6 Å². The standard InChI is InChI=1S/C9H16N2O4S/c1-15-4-7(3-12)10-8(13)2-11-6-16-5-9(11)14/h7,12H,2-6H2,1H3,(H,10,13). The molecular formula is C9H16N2O4S. The molecule has 1 heterocycles. The lowest BCUT2D eigenvalue weighted by molar-refractivity contribution is -0.132. The van der Waals surface area contributed by atoms with Gasteiger partial charge in [0.1, 0.15) is 6.54 Å². The number of aliphatic hydroxyl groups is 1. The lowest BCUT2D eigenvalue weighted by atomic mass is 10.3. The Labute approximate surface area is 98.3 Å². The van der Waals surface area contributed by atoms with Crippen LogP contribution in [0.3, 0.4) is 0 Å². The van der Waals surface area contributed by atoms with Gasteiger partial charge in [-0.1, -0.05) is 0 Å². The topological polar surface area (TPSA) is 78.9 Å². The number of methoxy groups -OCH3 is 1. The quantitative estimate of drug-likeness (QED) is 0.607. The number of thioether (sulfide) groups is 1. The largest absolute Gasteiger partial charge is 0.394 e.